The van der Waals surface area contributed by atoms with Crippen LogP contribution in [0.15, 0.2) is 41.6 Å². The van der Waals surface area contributed by atoms with Crippen LogP contribution in [0.1, 0.15) is 27.7 Å². The fraction of sp³-hybridized carbons (Fsp3) is 0.158. The van der Waals surface area contributed by atoms with Gasteiger partial charge in [-0.05, 0) is 37.6 Å². The fourth-order valence-electron chi connectivity index (χ4n) is 2.70. The maximum Gasteiger partial charge on any atom is 0.348 e. The van der Waals surface area contributed by atoms with E-state index in [0.717, 1.165) is 42.4 Å². The van der Waals surface area contributed by atoms with Gasteiger partial charge in [0, 0.05) is 17.1 Å². The van der Waals surface area contributed by atoms with E-state index in [-0.39, 0.29) is 5.97 Å². The van der Waals surface area contributed by atoms with Crippen LogP contribution in [-0.2, 0) is 4.74 Å². The van der Waals surface area contributed by atoms with Crippen LogP contribution in [0.3, 0.4) is 0 Å². The van der Waals surface area contributed by atoms with E-state index < -0.39 is 0 Å². The number of pyridine rings is 1. The molecule has 0 atom stereocenters. The Kier molecular flexibility index (Phi) is 4.59. The van der Waals surface area contributed by atoms with Crippen LogP contribution in [-0.4, -0.2) is 28.8 Å². The van der Waals surface area contributed by atoms with Crippen molar-refractivity contribution in [1.29, 1.82) is 0 Å². The molecule has 136 valence electrons. The van der Waals surface area contributed by atoms with Crippen LogP contribution in [0.5, 0.6) is 0 Å². The van der Waals surface area contributed by atoms with E-state index in [1.54, 1.807) is 17.5 Å². The summed E-state index contributed by atoms with van der Waals surface area (Å²) in [6, 6.07) is 9.96. The molecule has 4 rings (SSSR count). The highest BCUT2D eigenvalue weighted by Crippen LogP contribution is 2.30. The second kappa shape index (κ2) is 7.05. The molecule has 0 radical (unpaired) electrons. The molecule has 0 aliphatic rings. The fourth-order valence-corrected chi connectivity index (χ4v) is 4.56. The lowest BCUT2D eigenvalue weighted by molar-refractivity contribution is 0.0605. The third-order valence-electron chi connectivity index (χ3n) is 4.20. The summed E-state index contributed by atoms with van der Waals surface area (Å²) in [5.74, 6) is -0.333. The van der Waals surface area contributed by atoms with E-state index in [0.29, 0.717) is 4.88 Å². The number of benzene rings is 1. The number of methoxy groups -OCH3 is 1. The predicted molar refractivity (Wildman–Crippen MR) is 111 cm³/mol. The number of anilines is 1. The topological polar surface area (TPSA) is 76.5 Å². The van der Waals surface area contributed by atoms with Gasteiger partial charge in [-0.25, -0.2) is 14.8 Å². The SMILES string of the molecule is COC(=O)c1sc2ncc(C(C)=NNc3nc4ccccc4s3)cc2c1C. The Morgan fingerprint density at radius 3 is 2.85 bits per heavy atom. The van der Waals surface area contributed by atoms with Gasteiger partial charge in [0.2, 0.25) is 5.13 Å². The largest absolute Gasteiger partial charge is 0.465 e. The minimum atomic E-state index is -0.333. The first kappa shape index (κ1) is 17.6. The van der Waals surface area contributed by atoms with Gasteiger partial charge in [0.15, 0.2) is 0 Å². The minimum absolute atomic E-state index is 0.333. The summed E-state index contributed by atoms with van der Waals surface area (Å²) >= 11 is 2.89. The zero-order valence-corrected chi connectivity index (χ0v) is 16.6. The number of rotatable bonds is 4. The van der Waals surface area contributed by atoms with Crippen molar-refractivity contribution >= 4 is 59.9 Å². The van der Waals surface area contributed by atoms with E-state index in [1.807, 2.05) is 44.2 Å². The number of carbonyl (C=O) groups is 1. The molecule has 4 aromatic rings. The molecule has 0 bridgehead atoms. The van der Waals surface area contributed by atoms with Gasteiger partial charge in [-0.2, -0.15) is 5.10 Å². The van der Waals surface area contributed by atoms with Crippen LogP contribution >= 0.6 is 22.7 Å². The summed E-state index contributed by atoms with van der Waals surface area (Å²) in [7, 11) is 1.38. The molecule has 3 heterocycles. The molecule has 0 unspecified atom stereocenters. The molecule has 0 amide bonds. The molecule has 0 fully saturated rings. The second-order valence-corrected chi connectivity index (χ2v) is 7.95. The zero-order valence-electron chi connectivity index (χ0n) is 14.9. The lowest BCUT2D eigenvalue weighted by Gasteiger charge is -2.02. The second-order valence-electron chi connectivity index (χ2n) is 5.92. The highest BCUT2D eigenvalue weighted by Gasteiger charge is 2.17. The van der Waals surface area contributed by atoms with Gasteiger partial charge in [-0.15, -0.1) is 11.3 Å². The number of hydrazone groups is 1. The molecule has 3 aromatic heterocycles. The number of nitrogens with zero attached hydrogens (tertiary/aromatic N) is 3. The number of ether oxygens (including phenoxy) is 1. The average molecular weight is 396 g/mol. The number of fused-ring (bicyclic) bond motifs is 2. The molecule has 8 heteroatoms. The van der Waals surface area contributed by atoms with Crippen LogP contribution in [0.25, 0.3) is 20.4 Å². The molecule has 0 spiro atoms. The number of nitrogens with one attached hydrogen (secondary N) is 1. The van der Waals surface area contributed by atoms with Gasteiger partial charge < -0.3 is 4.74 Å². The highest BCUT2D eigenvalue weighted by molar-refractivity contribution is 7.22. The summed E-state index contributed by atoms with van der Waals surface area (Å²) in [5.41, 5.74) is 6.52. The van der Waals surface area contributed by atoms with Crippen molar-refractivity contribution in [1.82, 2.24) is 9.97 Å². The van der Waals surface area contributed by atoms with Crippen LogP contribution in [0.4, 0.5) is 5.13 Å². The third kappa shape index (κ3) is 3.29. The van der Waals surface area contributed by atoms with E-state index >= 15 is 0 Å². The van der Waals surface area contributed by atoms with Crippen molar-refractivity contribution in [2.75, 3.05) is 12.5 Å². The van der Waals surface area contributed by atoms with Crippen LogP contribution in [0, 0.1) is 6.92 Å². The standard InChI is InChI=1S/C19H16N4O2S2/c1-10-13-8-12(9-20-17(13)27-16(10)18(24)25-3)11(2)22-23-19-21-14-6-4-5-7-15(14)26-19/h4-9H,1-3H3,(H,21,23). The van der Waals surface area contributed by atoms with E-state index in [2.05, 4.69) is 20.5 Å². The first-order valence-corrected chi connectivity index (χ1v) is 9.84. The Labute approximate surface area is 163 Å². The van der Waals surface area contributed by atoms with Gasteiger partial charge in [0.25, 0.3) is 0 Å². The quantitative estimate of drug-likeness (QED) is 0.303. The number of thiophene rings is 1. The molecular formula is C19H16N4O2S2. The maximum absolute atomic E-state index is 11.9. The zero-order chi connectivity index (χ0) is 19.0. The summed E-state index contributed by atoms with van der Waals surface area (Å²) in [5, 5.41) is 6.12. The molecule has 27 heavy (non-hydrogen) atoms. The number of hydrogen-bond acceptors (Lipinski definition) is 8. The normalized spacial score (nSPS) is 11.9. The number of aromatic nitrogens is 2. The molecule has 1 N–H and O–H groups in total. The van der Waals surface area contributed by atoms with E-state index in [1.165, 1.54) is 18.4 Å². The van der Waals surface area contributed by atoms with Crippen molar-refractivity contribution in [3.8, 4) is 0 Å². The molecular weight excluding hydrogens is 380 g/mol. The van der Waals surface area contributed by atoms with Crippen molar-refractivity contribution in [3.05, 3.63) is 52.5 Å². The van der Waals surface area contributed by atoms with Gasteiger partial charge >= 0.3 is 5.97 Å². The molecule has 0 aliphatic carbocycles. The average Bonchev–Trinajstić information content (AvgIpc) is 3.26. The number of para-hydroxylation sites is 1. The molecule has 0 saturated carbocycles. The maximum atomic E-state index is 11.9. The van der Waals surface area contributed by atoms with Gasteiger partial charge in [-0.3, -0.25) is 5.43 Å². The summed E-state index contributed by atoms with van der Waals surface area (Å²) < 4.78 is 5.95. The predicted octanol–water partition coefficient (Wildman–Crippen LogP) is 4.84. The Morgan fingerprint density at radius 1 is 1.26 bits per heavy atom. The summed E-state index contributed by atoms with van der Waals surface area (Å²) in [4.78, 5) is 22.3. The van der Waals surface area contributed by atoms with E-state index in [9.17, 15) is 4.79 Å². The Morgan fingerprint density at radius 2 is 2.07 bits per heavy atom. The van der Waals surface area contributed by atoms with Crippen LogP contribution in [0.2, 0.25) is 0 Å². The summed E-state index contributed by atoms with van der Waals surface area (Å²) in [6.07, 6.45) is 1.76. The van der Waals surface area contributed by atoms with Gasteiger partial charge in [0.05, 0.1) is 23.0 Å². The first-order chi connectivity index (χ1) is 13.1. The van der Waals surface area contributed by atoms with Crippen molar-refractivity contribution in [2.24, 2.45) is 5.10 Å². The van der Waals surface area contributed by atoms with Crippen LogP contribution < -0.4 is 5.43 Å². The smallest absolute Gasteiger partial charge is 0.348 e. The highest BCUT2D eigenvalue weighted by atomic mass is 32.1. The first-order valence-electron chi connectivity index (χ1n) is 8.20. The van der Waals surface area contributed by atoms with Crippen molar-refractivity contribution in [3.63, 3.8) is 0 Å². The van der Waals surface area contributed by atoms with Crippen molar-refractivity contribution < 1.29 is 9.53 Å². The Hall–Kier alpha value is -2.84. The number of esters is 1. The number of thiazole rings is 1. The lowest BCUT2D eigenvalue weighted by Crippen LogP contribution is -2.00. The minimum Gasteiger partial charge on any atom is -0.465 e. The number of carbonyl (C=O) groups excluding carboxylic acids is 1. The third-order valence-corrected chi connectivity index (χ3v) is 6.33. The lowest BCUT2D eigenvalue weighted by atomic mass is 10.1. The van der Waals surface area contributed by atoms with E-state index in [4.69, 9.17) is 4.74 Å². The Bertz CT molecular complexity index is 1160. The van der Waals surface area contributed by atoms with Crippen molar-refractivity contribution in [2.45, 2.75) is 13.8 Å². The Balaban J connectivity index is 1.63. The van der Waals surface area contributed by atoms with Gasteiger partial charge in [-0.1, -0.05) is 23.5 Å². The molecule has 0 saturated heterocycles. The number of hydrogen-bond donors (Lipinski definition) is 1. The molecule has 6 nitrogen and oxygen atoms in total. The molecule has 0 aliphatic heterocycles. The monoisotopic (exact) mass is 396 g/mol. The molecule has 1 aromatic carbocycles. The van der Waals surface area contributed by atoms with Gasteiger partial charge in [0.1, 0.15) is 9.71 Å². The summed E-state index contributed by atoms with van der Waals surface area (Å²) in [6.45, 7) is 3.81. The number of aryl methyl sites for hydroxylation is 1.